The molecule has 42 heavy (non-hydrogen) atoms. The van der Waals surface area contributed by atoms with Crippen LogP contribution in [0, 0.1) is 41.4 Å². The minimum absolute atomic E-state index is 0. The summed E-state index contributed by atoms with van der Waals surface area (Å²) in [4.78, 5) is 0. The maximum absolute atomic E-state index is 7.02. The Labute approximate surface area is 292 Å². The van der Waals surface area contributed by atoms with Gasteiger partial charge in [0.2, 0.25) is 0 Å². The molecule has 9 atom stereocenters. The predicted molar refractivity (Wildman–Crippen MR) is 190 cm³/mol. The van der Waals surface area contributed by atoms with E-state index < -0.39 is 24.5 Å². The van der Waals surface area contributed by atoms with Crippen LogP contribution in [0.3, 0.4) is 0 Å². The van der Waals surface area contributed by atoms with E-state index in [0.717, 1.165) is 52.5 Å². The van der Waals surface area contributed by atoms with Gasteiger partial charge in [0.05, 0.1) is 20.3 Å². The third-order valence-corrected chi connectivity index (χ3v) is 23.1. The second-order valence-corrected chi connectivity index (χ2v) is 33.4. The summed E-state index contributed by atoms with van der Waals surface area (Å²) >= 11 is 0. The Morgan fingerprint density at radius 2 is 1.12 bits per heavy atom. The second kappa shape index (κ2) is 15.7. The molecule has 0 bridgehead atoms. The standard InChI is InChI=1S/C30H54OSi.C6H18NSi2.Y/c1-20(2)24-17-14-21(3)18-29(24)31-22-15-16-23(19-22)32(4,5)30-27-12-8-6-10-25(27)26-11-7-9-13-28(26)30;1-8(2,3)7-9(4,5)6;/h20-30H,6-19H2,1-5H3;1-6H3;/q;-1;+3/t21-,22?,23?,24+,25?,26?,27?,28?,29-,30?;;/m1../s1. The van der Waals surface area contributed by atoms with Crippen molar-refractivity contribution in [1.29, 1.82) is 0 Å². The fourth-order valence-corrected chi connectivity index (χ4v) is 24.7. The van der Waals surface area contributed by atoms with Gasteiger partial charge in [-0.15, -0.1) is 0 Å². The van der Waals surface area contributed by atoms with Crippen molar-refractivity contribution in [2.75, 3.05) is 0 Å². The first-order chi connectivity index (χ1) is 19.1. The molecule has 0 amide bonds. The molecular formula is C36H72NOSi3Y+2. The van der Waals surface area contributed by atoms with E-state index in [9.17, 15) is 0 Å². The Kier molecular flexibility index (Phi) is 14.3. The van der Waals surface area contributed by atoms with E-state index in [1.807, 2.05) is 0 Å². The summed E-state index contributed by atoms with van der Waals surface area (Å²) in [6, 6.07) is 0. The van der Waals surface area contributed by atoms with Crippen molar-refractivity contribution in [3.63, 3.8) is 0 Å². The molecule has 0 N–H and O–H groups in total. The molecule has 0 spiro atoms. The van der Waals surface area contributed by atoms with Crippen LogP contribution in [0.1, 0.15) is 111 Å². The van der Waals surface area contributed by atoms with Gasteiger partial charge < -0.3 is 9.38 Å². The Hall–Kier alpha value is 1.67. The van der Waals surface area contributed by atoms with Gasteiger partial charge in [-0.25, -0.2) is 0 Å². The summed E-state index contributed by atoms with van der Waals surface area (Å²) in [7, 11) is -3.51. The Morgan fingerprint density at radius 3 is 1.57 bits per heavy atom. The SMILES string of the molecule is CC(C)[C@@H]1CC[C@@H](C)C[C@H]1OC1CCC([Si](C)(C)C2C3CCCCC3C3CCCCC32)C1.C[Si](C)(C)[N-][Si](C)(C)C.[Y+3]. The van der Waals surface area contributed by atoms with Crippen molar-refractivity contribution in [2.45, 2.75) is 186 Å². The van der Waals surface area contributed by atoms with Gasteiger partial charge in [0.15, 0.2) is 0 Å². The average molecular weight is 708 g/mol. The monoisotopic (exact) mass is 707 g/mol. The molecule has 5 rings (SSSR count). The summed E-state index contributed by atoms with van der Waals surface area (Å²) in [5.74, 6) is 6.91. The molecule has 0 aliphatic heterocycles. The number of hydrogen-bond acceptors (Lipinski definition) is 1. The summed E-state index contributed by atoms with van der Waals surface area (Å²) < 4.78 is 11.8. The molecule has 5 aliphatic rings. The number of fused-ring (bicyclic) bond motifs is 3. The zero-order valence-corrected chi connectivity index (χ0v) is 36.0. The van der Waals surface area contributed by atoms with Gasteiger partial charge in [0.25, 0.3) is 0 Å². The fourth-order valence-electron chi connectivity index (χ4n) is 11.3. The second-order valence-electron chi connectivity index (χ2n) is 18.7. The van der Waals surface area contributed by atoms with E-state index in [-0.39, 0.29) is 32.7 Å². The zero-order valence-electron chi connectivity index (χ0n) is 30.2. The predicted octanol–water partition coefficient (Wildman–Crippen LogP) is 12.1. The van der Waals surface area contributed by atoms with Gasteiger partial charge in [-0.2, -0.15) is 0 Å². The Balaban J connectivity index is 0.000000423. The van der Waals surface area contributed by atoms with Crippen LogP contribution in [0.25, 0.3) is 4.65 Å². The molecule has 0 heterocycles. The van der Waals surface area contributed by atoms with Gasteiger partial charge in [-0.05, 0) is 91.0 Å². The normalized spacial score (nSPS) is 39.1. The zero-order chi connectivity index (χ0) is 30.2. The minimum atomic E-state index is -1.29. The molecule has 240 valence electrons. The van der Waals surface area contributed by atoms with Crippen molar-refractivity contribution in [3.05, 3.63) is 4.65 Å². The first-order valence-corrected chi connectivity index (χ1v) is 28.5. The molecular weight excluding hydrogens is 636 g/mol. The molecule has 0 aromatic rings. The topological polar surface area (TPSA) is 23.3 Å². The van der Waals surface area contributed by atoms with Gasteiger partial charge in [0.1, 0.15) is 0 Å². The van der Waals surface area contributed by atoms with E-state index in [2.05, 4.69) is 73.1 Å². The Bertz CT molecular complexity index is 789. The molecule has 2 nitrogen and oxygen atoms in total. The van der Waals surface area contributed by atoms with Crippen molar-refractivity contribution in [2.24, 2.45) is 41.4 Å². The van der Waals surface area contributed by atoms with Crippen molar-refractivity contribution in [1.82, 2.24) is 0 Å². The number of rotatable bonds is 7. The minimum Gasteiger partial charge on any atom is -0.668 e. The first-order valence-electron chi connectivity index (χ1n) is 18.5. The fraction of sp³-hybridized carbons (Fsp3) is 1.00. The van der Waals surface area contributed by atoms with E-state index in [0.29, 0.717) is 12.2 Å². The third kappa shape index (κ3) is 9.85. The molecule has 0 radical (unpaired) electrons. The number of nitrogens with zero attached hydrogens (tertiary/aromatic N) is 1. The van der Waals surface area contributed by atoms with Crippen LogP contribution < -0.4 is 0 Å². The molecule has 0 aromatic heterocycles. The molecule has 0 saturated heterocycles. The van der Waals surface area contributed by atoms with Gasteiger partial charge >= 0.3 is 32.7 Å². The Morgan fingerprint density at radius 1 is 0.619 bits per heavy atom. The molecule has 6 unspecified atom stereocenters. The molecule has 5 fully saturated rings. The van der Waals surface area contributed by atoms with E-state index in [4.69, 9.17) is 9.38 Å². The van der Waals surface area contributed by atoms with Crippen LogP contribution in [0.4, 0.5) is 0 Å². The van der Waals surface area contributed by atoms with Crippen molar-refractivity contribution in [3.8, 4) is 0 Å². The van der Waals surface area contributed by atoms with Crippen molar-refractivity contribution < 1.29 is 37.4 Å². The maximum atomic E-state index is 7.02. The molecule has 5 saturated carbocycles. The molecule has 6 heteroatoms. The van der Waals surface area contributed by atoms with E-state index in [1.54, 1.807) is 25.7 Å². The van der Waals surface area contributed by atoms with Gasteiger partial charge in [0, 0.05) is 0 Å². The van der Waals surface area contributed by atoms with Crippen LogP contribution in [-0.4, -0.2) is 36.8 Å². The molecule has 5 aliphatic carbocycles. The van der Waals surface area contributed by atoms with E-state index >= 15 is 0 Å². The van der Waals surface area contributed by atoms with Crippen LogP contribution in [0.15, 0.2) is 0 Å². The van der Waals surface area contributed by atoms with Crippen LogP contribution in [0.2, 0.25) is 63.5 Å². The van der Waals surface area contributed by atoms with Crippen LogP contribution in [-0.2, 0) is 37.4 Å². The smallest absolute Gasteiger partial charge is 0.668 e. The van der Waals surface area contributed by atoms with Gasteiger partial charge in [-0.3, -0.25) is 0 Å². The quantitative estimate of drug-likeness (QED) is 0.242. The summed E-state index contributed by atoms with van der Waals surface area (Å²) in [6.07, 6.45) is 22.0. The first kappa shape index (κ1) is 38.1. The van der Waals surface area contributed by atoms with Crippen LogP contribution >= 0.6 is 0 Å². The summed E-state index contributed by atoms with van der Waals surface area (Å²) in [6.45, 7) is 26.8. The van der Waals surface area contributed by atoms with Crippen molar-refractivity contribution >= 4 is 24.5 Å². The van der Waals surface area contributed by atoms with E-state index in [1.165, 1.54) is 64.2 Å². The summed E-state index contributed by atoms with van der Waals surface area (Å²) in [5.41, 5.74) is 2.17. The number of hydrogen-bond donors (Lipinski definition) is 0. The molecule has 0 aromatic carbocycles. The maximum Gasteiger partial charge on any atom is 3.00 e. The number of ether oxygens (including phenoxy) is 1. The third-order valence-electron chi connectivity index (χ3n) is 12.5. The largest absolute Gasteiger partial charge is 3.00 e. The summed E-state index contributed by atoms with van der Waals surface area (Å²) in [5, 5.41) is 0. The average Bonchev–Trinajstić information content (AvgIpc) is 3.45. The van der Waals surface area contributed by atoms with Gasteiger partial charge in [-0.1, -0.05) is 141 Å². The van der Waals surface area contributed by atoms with Crippen LogP contribution in [0.5, 0.6) is 0 Å².